The minimum absolute atomic E-state index is 0.0321. The fourth-order valence-corrected chi connectivity index (χ4v) is 3.50. The van der Waals surface area contributed by atoms with Crippen molar-refractivity contribution in [3.63, 3.8) is 0 Å². The average molecular weight is 357 g/mol. The largest absolute Gasteiger partial charge is 0.351 e. The van der Waals surface area contributed by atoms with Gasteiger partial charge in [-0.3, -0.25) is 14.9 Å². The van der Waals surface area contributed by atoms with Gasteiger partial charge < -0.3 is 5.32 Å². The number of nitrogens with one attached hydrogen (secondary N) is 1. The van der Waals surface area contributed by atoms with Gasteiger partial charge in [-0.25, -0.2) is 4.68 Å². The Morgan fingerprint density at radius 1 is 1.38 bits per heavy atom. The van der Waals surface area contributed by atoms with Crippen LogP contribution in [0.5, 0.6) is 0 Å². The van der Waals surface area contributed by atoms with Crippen molar-refractivity contribution in [2.24, 2.45) is 5.92 Å². The first kappa shape index (κ1) is 18.0. The molecule has 0 atom stereocenters. The van der Waals surface area contributed by atoms with Crippen LogP contribution in [0.25, 0.3) is 5.69 Å². The molecule has 8 nitrogen and oxygen atoms in total. The first-order valence-electron chi connectivity index (χ1n) is 9.01. The molecule has 1 aromatic heterocycles. The maximum Gasteiger partial charge on any atom is 0.273 e. The smallest absolute Gasteiger partial charge is 0.273 e. The number of benzene rings is 1. The summed E-state index contributed by atoms with van der Waals surface area (Å²) in [6.07, 6.45) is 7.40. The lowest BCUT2D eigenvalue weighted by atomic mass is 10.0. The first-order chi connectivity index (χ1) is 12.6. The summed E-state index contributed by atoms with van der Waals surface area (Å²) in [6, 6.07) is 6.09. The fourth-order valence-electron chi connectivity index (χ4n) is 3.50. The summed E-state index contributed by atoms with van der Waals surface area (Å²) in [7, 11) is 0. The number of carbonyl (C=O) groups excluding carboxylic acids is 1. The molecule has 1 aliphatic carbocycles. The van der Waals surface area contributed by atoms with Crippen LogP contribution in [0.1, 0.15) is 54.7 Å². The predicted octanol–water partition coefficient (Wildman–Crippen LogP) is 3.18. The molecule has 0 aliphatic heterocycles. The quantitative estimate of drug-likeness (QED) is 0.466. The van der Waals surface area contributed by atoms with Crippen LogP contribution >= 0.6 is 0 Å². The van der Waals surface area contributed by atoms with Gasteiger partial charge in [0.15, 0.2) is 5.69 Å². The predicted molar refractivity (Wildman–Crippen MR) is 96.3 cm³/mol. The molecule has 138 valence electrons. The van der Waals surface area contributed by atoms with Crippen molar-refractivity contribution in [3.05, 3.63) is 45.8 Å². The Labute approximate surface area is 151 Å². The molecule has 0 unspecified atom stereocenters. The zero-order valence-electron chi connectivity index (χ0n) is 14.9. The first-order valence-corrected chi connectivity index (χ1v) is 9.01. The van der Waals surface area contributed by atoms with Crippen LogP contribution in [0.15, 0.2) is 24.3 Å². The second-order valence-corrected chi connectivity index (χ2v) is 6.76. The van der Waals surface area contributed by atoms with Crippen LogP contribution in [-0.2, 0) is 0 Å². The summed E-state index contributed by atoms with van der Waals surface area (Å²) in [5, 5.41) is 21.8. The number of hydrogen-bond acceptors (Lipinski definition) is 5. The van der Waals surface area contributed by atoms with E-state index in [1.54, 1.807) is 19.1 Å². The van der Waals surface area contributed by atoms with Crippen LogP contribution in [-0.4, -0.2) is 32.4 Å². The maximum atomic E-state index is 12.3. The van der Waals surface area contributed by atoms with E-state index in [1.807, 2.05) is 0 Å². The highest BCUT2D eigenvalue weighted by Crippen LogP contribution is 2.28. The minimum Gasteiger partial charge on any atom is -0.351 e. The van der Waals surface area contributed by atoms with E-state index in [2.05, 4.69) is 15.6 Å². The molecule has 1 N–H and O–H groups in total. The molecule has 1 saturated carbocycles. The summed E-state index contributed by atoms with van der Waals surface area (Å²) in [5.41, 5.74) is 1.27. The Bertz CT molecular complexity index is 796. The number of hydrogen-bond donors (Lipinski definition) is 1. The number of nitrogens with zero attached hydrogens (tertiary/aromatic N) is 4. The van der Waals surface area contributed by atoms with Crippen molar-refractivity contribution in [1.29, 1.82) is 0 Å². The SMILES string of the molecule is Cc1c(C(=O)NCCCC2CCCC2)nnn1-c1cccc([N+](=O)[O-])c1. The Hall–Kier alpha value is -2.77. The second kappa shape index (κ2) is 8.07. The number of nitro groups is 1. The topological polar surface area (TPSA) is 103 Å². The molecular formula is C18H23N5O3. The number of nitro benzene ring substituents is 1. The zero-order valence-corrected chi connectivity index (χ0v) is 14.9. The second-order valence-electron chi connectivity index (χ2n) is 6.76. The molecule has 1 aromatic carbocycles. The normalized spacial score (nSPS) is 14.5. The third kappa shape index (κ3) is 4.07. The molecule has 0 radical (unpaired) electrons. The fraction of sp³-hybridized carbons (Fsp3) is 0.500. The highest BCUT2D eigenvalue weighted by Gasteiger charge is 2.19. The van der Waals surface area contributed by atoms with E-state index in [0.717, 1.165) is 18.8 Å². The number of aromatic nitrogens is 3. The van der Waals surface area contributed by atoms with Gasteiger partial charge in [0.1, 0.15) is 0 Å². The third-order valence-corrected chi connectivity index (χ3v) is 4.94. The highest BCUT2D eigenvalue weighted by molar-refractivity contribution is 5.93. The Morgan fingerprint density at radius 3 is 2.88 bits per heavy atom. The molecule has 1 fully saturated rings. The van der Waals surface area contributed by atoms with E-state index >= 15 is 0 Å². The van der Waals surface area contributed by atoms with Gasteiger partial charge in [0, 0.05) is 18.7 Å². The molecule has 0 bridgehead atoms. The summed E-state index contributed by atoms with van der Waals surface area (Å²) < 4.78 is 1.44. The van der Waals surface area contributed by atoms with Crippen LogP contribution in [0.3, 0.4) is 0 Å². The molecule has 2 aromatic rings. The maximum absolute atomic E-state index is 12.3. The van der Waals surface area contributed by atoms with Gasteiger partial charge in [-0.15, -0.1) is 5.10 Å². The summed E-state index contributed by atoms with van der Waals surface area (Å²) in [6.45, 7) is 2.35. The van der Waals surface area contributed by atoms with E-state index in [0.29, 0.717) is 17.9 Å². The standard InChI is InChI=1S/C18H23N5O3/c1-13-17(18(24)19-11-5-8-14-6-2-3-7-14)20-21-22(13)15-9-4-10-16(12-15)23(25)26/h4,9-10,12,14H,2-3,5-8,11H2,1H3,(H,19,24). The van der Waals surface area contributed by atoms with E-state index in [-0.39, 0.29) is 17.3 Å². The molecule has 3 rings (SSSR count). The van der Waals surface area contributed by atoms with E-state index in [4.69, 9.17) is 0 Å². The number of rotatable bonds is 7. The van der Waals surface area contributed by atoms with Crippen LogP contribution < -0.4 is 5.32 Å². The van der Waals surface area contributed by atoms with E-state index in [1.165, 1.54) is 42.5 Å². The van der Waals surface area contributed by atoms with Gasteiger partial charge in [-0.2, -0.15) is 0 Å². The Balaban J connectivity index is 1.61. The molecule has 1 heterocycles. The molecule has 1 amide bonds. The van der Waals surface area contributed by atoms with Crippen LogP contribution in [0.2, 0.25) is 0 Å². The highest BCUT2D eigenvalue weighted by atomic mass is 16.6. The molecule has 8 heteroatoms. The number of non-ortho nitro benzene ring substituents is 1. The Morgan fingerprint density at radius 2 is 2.15 bits per heavy atom. The molecule has 0 spiro atoms. The van der Waals surface area contributed by atoms with Gasteiger partial charge in [-0.05, 0) is 31.7 Å². The van der Waals surface area contributed by atoms with Gasteiger partial charge >= 0.3 is 0 Å². The van der Waals surface area contributed by atoms with Crippen molar-refractivity contribution < 1.29 is 9.72 Å². The van der Waals surface area contributed by atoms with Crippen molar-refractivity contribution in [2.75, 3.05) is 6.54 Å². The lowest BCUT2D eigenvalue weighted by molar-refractivity contribution is -0.384. The lowest BCUT2D eigenvalue weighted by Crippen LogP contribution is -2.26. The van der Waals surface area contributed by atoms with Crippen molar-refractivity contribution in [3.8, 4) is 5.69 Å². The zero-order chi connectivity index (χ0) is 18.5. The minimum atomic E-state index is -0.465. The number of amides is 1. The van der Waals surface area contributed by atoms with E-state index in [9.17, 15) is 14.9 Å². The Kier molecular flexibility index (Phi) is 5.60. The number of carbonyl (C=O) groups is 1. The summed E-state index contributed by atoms with van der Waals surface area (Å²) >= 11 is 0. The van der Waals surface area contributed by atoms with Crippen molar-refractivity contribution in [1.82, 2.24) is 20.3 Å². The average Bonchev–Trinajstić information content (AvgIpc) is 3.28. The van der Waals surface area contributed by atoms with Crippen LogP contribution in [0.4, 0.5) is 5.69 Å². The van der Waals surface area contributed by atoms with Crippen LogP contribution in [0, 0.1) is 23.0 Å². The summed E-state index contributed by atoms with van der Waals surface area (Å²) in [5.74, 6) is 0.550. The third-order valence-electron chi connectivity index (χ3n) is 4.94. The van der Waals surface area contributed by atoms with Crippen molar-refractivity contribution >= 4 is 11.6 Å². The molecule has 0 saturated heterocycles. The summed E-state index contributed by atoms with van der Waals surface area (Å²) in [4.78, 5) is 22.8. The molecular weight excluding hydrogens is 334 g/mol. The molecule has 26 heavy (non-hydrogen) atoms. The van der Waals surface area contributed by atoms with Crippen molar-refractivity contribution in [2.45, 2.75) is 45.4 Å². The van der Waals surface area contributed by atoms with Gasteiger partial charge in [0.25, 0.3) is 11.6 Å². The van der Waals surface area contributed by atoms with Gasteiger partial charge in [-0.1, -0.05) is 37.0 Å². The van der Waals surface area contributed by atoms with Gasteiger partial charge in [0.2, 0.25) is 0 Å². The lowest BCUT2D eigenvalue weighted by Gasteiger charge is -2.09. The monoisotopic (exact) mass is 357 g/mol. The van der Waals surface area contributed by atoms with E-state index < -0.39 is 4.92 Å². The van der Waals surface area contributed by atoms with Gasteiger partial charge in [0.05, 0.1) is 16.3 Å². The molecule has 1 aliphatic rings.